The Balaban J connectivity index is 0.000000182. The fraction of sp³-hybridized carbons (Fsp3) is 0.321. The van der Waals surface area contributed by atoms with Crippen LogP contribution in [0.1, 0.15) is 123 Å². The molecule has 2 aliphatic rings. The Kier molecular flexibility index (Phi) is 14.2. The average Bonchev–Trinajstić information content (AvgIpc) is 3.71. The Labute approximate surface area is 344 Å². The molecule has 8 rings (SSSR count). The molecule has 0 atom stereocenters. The van der Waals surface area contributed by atoms with Crippen molar-refractivity contribution in [2.75, 3.05) is 0 Å². The van der Waals surface area contributed by atoms with E-state index in [0.717, 1.165) is 36.7 Å². The van der Waals surface area contributed by atoms with E-state index in [0.29, 0.717) is 0 Å². The van der Waals surface area contributed by atoms with E-state index in [-0.39, 0.29) is 10.8 Å². The number of fused-ring (bicyclic) bond motifs is 6. The molecule has 0 spiro atoms. The van der Waals surface area contributed by atoms with Crippen LogP contribution in [-0.4, -0.2) is 0 Å². The quantitative estimate of drug-likeness (QED) is 0.154. The first kappa shape index (κ1) is 43.0. The minimum atomic E-state index is 0.0533. The van der Waals surface area contributed by atoms with Crippen LogP contribution in [0.3, 0.4) is 0 Å². The zero-order valence-electron chi connectivity index (χ0n) is 36.8. The van der Waals surface area contributed by atoms with E-state index in [1.54, 1.807) is 0 Å². The normalized spacial score (nSPS) is 13.5. The van der Waals surface area contributed by atoms with Crippen LogP contribution in [-0.2, 0) is 17.3 Å². The number of allylic oxidation sites excluding steroid dienone is 3. The number of para-hydroxylation sites is 1. The predicted octanol–water partition coefficient (Wildman–Crippen LogP) is 15.2. The largest absolute Gasteiger partial charge is 0.456 e. The lowest BCUT2D eigenvalue weighted by atomic mass is 9.79. The Morgan fingerprint density at radius 2 is 1.40 bits per heavy atom. The van der Waals surface area contributed by atoms with Crippen molar-refractivity contribution >= 4 is 23.1 Å². The number of furan rings is 1. The number of benzene rings is 5. The fourth-order valence-electron chi connectivity index (χ4n) is 7.79. The molecular weight excluding hydrogens is 689 g/mol. The fourth-order valence-corrected chi connectivity index (χ4v) is 7.79. The zero-order chi connectivity index (χ0) is 41.3. The van der Waals surface area contributed by atoms with E-state index in [1.165, 1.54) is 83.8 Å². The van der Waals surface area contributed by atoms with E-state index in [2.05, 4.69) is 184 Å². The van der Waals surface area contributed by atoms with Gasteiger partial charge in [0, 0.05) is 21.6 Å². The van der Waals surface area contributed by atoms with Crippen LogP contribution in [0, 0.1) is 6.92 Å². The Hall–Kier alpha value is -5.14. The van der Waals surface area contributed by atoms with E-state index in [9.17, 15) is 0 Å². The van der Waals surface area contributed by atoms with Crippen molar-refractivity contribution in [2.24, 2.45) is 0 Å². The first-order valence-corrected chi connectivity index (χ1v) is 21.3. The van der Waals surface area contributed by atoms with Gasteiger partial charge in [-0.25, -0.2) is 0 Å². The minimum Gasteiger partial charge on any atom is -0.456 e. The molecule has 0 saturated heterocycles. The lowest BCUT2D eigenvalue weighted by molar-refractivity contribution is 0.572. The molecule has 1 aromatic heterocycles. The summed E-state index contributed by atoms with van der Waals surface area (Å²) in [5.74, 6) is 0. The second-order valence-electron chi connectivity index (χ2n) is 16.9. The maximum atomic E-state index is 6.17. The van der Waals surface area contributed by atoms with Gasteiger partial charge in [0.05, 0.1) is 0 Å². The van der Waals surface area contributed by atoms with Crippen molar-refractivity contribution in [1.29, 1.82) is 0 Å². The number of aryl methyl sites for hydroxylation is 2. The van der Waals surface area contributed by atoms with Crippen LogP contribution in [0.25, 0.3) is 56.5 Å². The van der Waals surface area contributed by atoms with Crippen molar-refractivity contribution in [3.63, 3.8) is 0 Å². The molecule has 0 aliphatic heterocycles. The maximum Gasteiger partial charge on any atom is 0.143 e. The summed E-state index contributed by atoms with van der Waals surface area (Å²) in [5.41, 5.74) is 18.5. The molecule has 57 heavy (non-hydrogen) atoms. The van der Waals surface area contributed by atoms with Gasteiger partial charge in [-0.2, -0.15) is 0 Å². The topological polar surface area (TPSA) is 13.1 Å². The molecule has 0 saturated carbocycles. The highest BCUT2D eigenvalue weighted by Gasteiger charge is 2.36. The standard InChI is InChI=1S/C26H28.C21H20O.C7H12.C2H6/c1-17-7-9-18(10-8-17)19-11-14-23-22(15-19)21-13-12-20(25(2,3)4)16-24(21)26(23,5)6;1-2-6-15-11-13-16(14-12-15)17-8-5-9-19-18-7-3-4-10-20(18)22-21(17)19;1-4-6-7(3)5-2;1-2/h7-16H,1-6H3;5,7-14H,2-4,6H2,1H3;4,6H,1,5H2,2-3H3;1-2H3/b;;7-6-;. The summed E-state index contributed by atoms with van der Waals surface area (Å²) >= 11 is 0. The summed E-state index contributed by atoms with van der Waals surface area (Å²) < 4.78 is 6.17. The first-order valence-electron chi connectivity index (χ1n) is 21.3. The van der Waals surface area contributed by atoms with E-state index in [4.69, 9.17) is 4.42 Å². The second-order valence-corrected chi connectivity index (χ2v) is 16.9. The van der Waals surface area contributed by atoms with Crippen molar-refractivity contribution < 1.29 is 4.42 Å². The Morgan fingerprint density at radius 1 is 0.737 bits per heavy atom. The monoisotopic (exact) mass is 755 g/mol. The number of hydrogen-bond acceptors (Lipinski definition) is 1. The molecule has 6 aromatic rings. The first-order chi connectivity index (χ1) is 27.3. The van der Waals surface area contributed by atoms with Crippen molar-refractivity contribution in [3.8, 4) is 33.4 Å². The maximum absolute atomic E-state index is 6.17. The lowest BCUT2D eigenvalue weighted by Crippen LogP contribution is -2.21. The molecule has 0 N–H and O–H groups in total. The van der Waals surface area contributed by atoms with Crippen LogP contribution in [0.5, 0.6) is 0 Å². The second kappa shape index (κ2) is 18.9. The summed E-state index contributed by atoms with van der Waals surface area (Å²) in [6.07, 6.45) is 14.0. The van der Waals surface area contributed by atoms with Crippen LogP contribution in [0.4, 0.5) is 0 Å². The van der Waals surface area contributed by atoms with Gasteiger partial charge < -0.3 is 4.42 Å². The average molecular weight is 755 g/mol. The SMILES string of the molecule is C=C/C=C(/C)CC.CC.CCCc1ccc(-c2cccc3c4c(oc23)=CCCC=4)cc1.Cc1ccc(-c2ccc3c(c2)-c2ccc(C(C)(C)C)cc2C3(C)C)cc1. The number of rotatable bonds is 6. The minimum absolute atomic E-state index is 0.0533. The summed E-state index contributed by atoms with van der Waals surface area (Å²) in [5, 5.41) is 2.51. The molecule has 0 unspecified atom stereocenters. The number of hydrogen-bond donors (Lipinski definition) is 0. The van der Waals surface area contributed by atoms with Gasteiger partial charge in [0.15, 0.2) is 0 Å². The van der Waals surface area contributed by atoms with Gasteiger partial charge in [-0.1, -0.05) is 202 Å². The summed E-state index contributed by atoms with van der Waals surface area (Å²) in [7, 11) is 0. The summed E-state index contributed by atoms with van der Waals surface area (Å²) in [4.78, 5) is 0. The van der Waals surface area contributed by atoms with Crippen molar-refractivity contribution in [1.82, 2.24) is 0 Å². The van der Waals surface area contributed by atoms with Gasteiger partial charge in [0.2, 0.25) is 0 Å². The van der Waals surface area contributed by atoms with Crippen LogP contribution < -0.4 is 10.6 Å². The van der Waals surface area contributed by atoms with Gasteiger partial charge in [-0.05, 0) is 107 Å². The molecular formula is C56H66O. The lowest BCUT2D eigenvalue weighted by Gasteiger charge is -2.25. The molecule has 0 fully saturated rings. The van der Waals surface area contributed by atoms with Crippen LogP contribution in [0.2, 0.25) is 0 Å². The van der Waals surface area contributed by atoms with E-state index < -0.39 is 0 Å². The van der Waals surface area contributed by atoms with Gasteiger partial charge in [0.1, 0.15) is 11.0 Å². The van der Waals surface area contributed by atoms with Crippen LogP contribution in [0.15, 0.2) is 132 Å². The zero-order valence-corrected chi connectivity index (χ0v) is 36.8. The van der Waals surface area contributed by atoms with Gasteiger partial charge in [-0.15, -0.1) is 0 Å². The van der Waals surface area contributed by atoms with Gasteiger partial charge >= 0.3 is 0 Å². The van der Waals surface area contributed by atoms with E-state index >= 15 is 0 Å². The molecule has 0 radical (unpaired) electrons. The third-order valence-electron chi connectivity index (χ3n) is 11.3. The highest BCUT2D eigenvalue weighted by molar-refractivity contribution is 5.93. The van der Waals surface area contributed by atoms with Crippen molar-refractivity contribution in [2.45, 2.75) is 119 Å². The summed E-state index contributed by atoms with van der Waals surface area (Å²) in [6.45, 7) is 27.7. The molecule has 5 aromatic carbocycles. The smallest absolute Gasteiger partial charge is 0.143 e. The molecule has 0 bridgehead atoms. The van der Waals surface area contributed by atoms with Crippen molar-refractivity contribution in [3.05, 3.63) is 166 Å². The highest BCUT2D eigenvalue weighted by atomic mass is 16.3. The summed E-state index contributed by atoms with van der Waals surface area (Å²) in [6, 6.07) is 38.3. The molecule has 1 heteroatoms. The van der Waals surface area contributed by atoms with Gasteiger partial charge in [0.25, 0.3) is 0 Å². The predicted molar refractivity (Wildman–Crippen MR) is 252 cm³/mol. The Bertz CT molecular complexity index is 2440. The molecule has 1 heterocycles. The van der Waals surface area contributed by atoms with Crippen LogP contribution >= 0.6 is 0 Å². The molecule has 1 nitrogen and oxygen atoms in total. The Morgan fingerprint density at radius 3 is 2.04 bits per heavy atom. The van der Waals surface area contributed by atoms with E-state index in [1.807, 2.05) is 26.0 Å². The highest BCUT2D eigenvalue weighted by Crippen LogP contribution is 2.50. The third kappa shape index (κ3) is 9.70. The molecule has 0 amide bonds. The third-order valence-corrected chi connectivity index (χ3v) is 11.3. The molecule has 296 valence electrons. The van der Waals surface area contributed by atoms with Gasteiger partial charge in [-0.3, -0.25) is 0 Å². The molecule has 2 aliphatic carbocycles.